The van der Waals surface area contributed by atoms with Crippen LogP contribution in [0.15, 0.2) is 89.7 Å². The molecule has 1 aromatic heterocycles. The lowest BCUT2D eigenvalue weighted by molar-refractivity contribution is 0.0985. The van der Waals surface area contributed by atoms with Crippen LogP contribution in [0.5, 0.6) is 5.75 Å². The van der Waals surface area contributed by atoms with Gasteiger partial charge in [0.25, 0.3) is 11.5 Å². The van der Waals surface area contributed by atoms with Crippen LogP contribution in [0.25, 0.3) is 10.9 Å². The minimum atomic E-state index is -0.205. The number of fused-ring (bicyclic) bond motifs is 1. The van der Waals surface area contributed by atoms with Gasteiger partial charge in [-0.15, -0.1) is 0 Å². The molecule has 1 heterocycles. The Balaban J connectivity index is 1.76. The van der Waals surface area contributed by atoms with Crippen molar-refractivity contribution in [3.63, 3.8) is 0 Å². The highest BCUT2D eigenvalue weighted by atomic mass is 16.5. The molecule has 144 valence electrons. The van der Waals surface area contributed by atoms with Gasteiger partial charge in [-0.2, -0.15) is 0 Å². The predicted molar refractivity (Wildman–Crippen MR) is 115 cm³/mol. The van der Waals surface area contributed by atoms with E-state index in [1.54, 1.807) is 36.3 Å². The first-order chi connectivity index (χ1) is 14.2. The second-order valence-corrected chi connectivity index (χ2v) is 6.67. The van der Waals surface area contributed by atoms with Crippen LogP contribution in [0.2, 0.25) is 0 Å². The number of benzene rings is 3. The average Bonchev–Trinajstić information content (AvgIpc) is 2.78. The van der Waals surface area contributed by atoms with Gasteiger partial charge in [0.15, 0.2) is 0 Å². The van der Waals surface area contributed by atoms with E-state index >= 15 is 0 Å². The minimum absolute atomic E-state index is 0.153. The maximum atomic E-state index is 13.3. The summed E-state index contributed by atoms with van der Waals surface area (Å²) in [6.45, 7) is 0.153. The summed E-state index contributed by atoms with van der Waals surface area (Å²) in [6, 6.07) is 25.7. The molecule has 0 unspecified atom stereocenters. The zero-order valence-corrected chi connectivity index (χ0v) is 16.0. The topological polar surface area (TPSA) is 62.4 Å². The van der Waals surface area contributed by atoms with Crippen molar-refractivity contribution in [2.75, 3.05) is 12.0 Å². The van der Waals surface area contributed by atoms with Crippen molar-refractivity contribution in [1.82, 2.24) is 4.98 Å². The molecule has 5 heteroatoms. The molecular formula is C24H20N2O3. The van der Waals surface area contributed by atoms with Crippen LogP contribution in [-0.4, -0.2) is 18.0 Å². The third-order valence-corrected chi connectivity index (χ3v) is 4.81. The monoisotopic (exact) mass is 384 g/mol. The van der Waals surface area contributed by atoms with E-state index in [1.165, 1.54) is 0 Å². The lowest BCUT2D eigenvalue weighted by atomic mass is 10.1. The number of rotatable bonds is 5. The summed E-state index contributed by atoms with van der Waals surface area (Å²) in [4.78, 5) is 30.4. The highest BCUT2D eigenvalue weighted by Crippen LogP contribution is 2.23. The number of methoxy groups -OCH3 is 1. The molecule has 0 radical (unpaired) electrons. The number of hydrogen-bond acceptors (Lipinski definition) is 3. The number of aromatic nitrogens is 1. The van der Waals surface area contributed by atoms with E-state index in [9.17, 15) is 9.59 Å². The summed E-state index contributed by atoms with van der Waals surface area (Å²) in [5.74, 6) is 0.521. The second-order valence-electron chi connectivity index (χ2n) is 6.67. The van der Waals surface area contributed by atoms with Crippen molar-refractivity contribution < 1.29 is 9.53 Å². The number of carbonyl (C=O) groups excluding carboxylic acids is 1. The van der Waals surface area contributed by atoms with Crippen LogP contribution < -0.4 is 15.2 Å². The molecule has 0 spiro atoms. The Hall–Kier alpha value is -3.86. The van der Waals surface area contributed by atoms with Crippen molar-refractivity contribution in [2.24, 2.45) is 0 Å². The van der Waals surface area contributed by atoms with Crippen LogP contribution in [0.4, 0.5) is 5.69 Å². The fraction of sp³-hybridized carbons (Fsp3) is 0.0833. The third kappa shape index (κ3) is 3.89. The van der Waals surface area contributed by atoms with Crippen molar-refractivity contribution >= 4 is 22.5 Å². The summed E-state index contributed by atoms with van der Waals surface area (Å²) in [5, 5.41) is 0.920. The molecule has 0 aliphatic heterocycles. The molecule has 1 N–H and O–H groups in total. The lowest BCUT2D eigenvalue weighted by Gasteiger charge is -2.23. The van der Waals surface area contributed by atoms with E-state index in [1.807, 2.05) is 60.7 Å². The van der Waals surface area contributed by atoms with Crippen LogP contribution in [0.3, 0.4) is 0 Å². The summed E-state index contributed by atoms with van der Waals surface area (Å²) in [7, 11) is 1.59. The SMILES string of the molecule is COc1ccc(N(Cc2cc3ccccc3[nH]c2=O)C(=O)c2ccccc2)cc1. The van der Waals surface area contributed by atoms with Crippen molar-refractivity contribution in [2.45, 2.75) is 6.54 Å². The van der Waals surface area contributed by atoms with Gasteiger partial charge in [-0.05, 0) is 53.9 Å². The molecule has 0 saturated heterocycles. The van der Waals surface area contributed by atoms with Crippen LogP contribution in [0, 0.1) is 0 Å². The summed E-state index contributed by atoms with van der Waals surface area (Å²) in [5.41, 5.74) is 2.33. The van der Waals surface area contributed by atoms with Gasteiger partial charge < -0.3 is 14.6 Å². The number of ether oxygens (including phenoxy) is 1. The molecule has 4 rings (SSSR count). The van der Waals surface area contributed by atoms with Gasteiger partial charge in [-0.25, -0.2) is 0 Å². The average molecular weight is 384 g/mol. The molecule has 0 atom stereocenters. The minimum Gasteiger partial charge on any atom is -0.497 e. The maximum Gasteiger partial charge on any atom is 0.258 e. The van der Waals surface area contributed by atoms with Gasteiger partial charge in [0, 0.05) is 22.3 Å². The summed E-state index contributed by atoms with van der Waals surface area (Å²) < 4.78 is 5.22. The lowest BCUT2D eigenvalue weighted by Crippen LogP contribution is -2.32. The molecule has 0 saturated carbocycles. The van der Waals surface area contributed by atoms with E-state index in [4.69, 9.17) is 4.74 Å². The van der Waals surface area contributed by atoms with E-state index < -0.39 is 0 Å². The Bertz CT molecular complexity index is 1200. The molecule has 5 nitrogen and oxygen atoms in total. The molecule has 3 aromatic carbocycles. The molecule has 0 aliphatic rings. The van der Waals surface area contributed by atoms with Crippen molar-refractivity contribution in [3.05, 3.63) is 106 Å². The fourth-order valence-electron chi connectivity index (χ4n) is 3.26. The first kappa shape index (κ1) is 18.5. The van der Waals surface area contributed by atoms with Gasteiger partial charge in [-0.1, -0.05) is 36.4 Å². The van der Waals surface area contributed by atoms with Gasteiger partial charge in [0.05, 0.1) is 13.7 Å². The number of hydrogen-bond donors (Lipinski definition) is 1. The Morgan fingerprint density at radius 1 is 0.931 bits per heavy atom. The van der Waals surface area contributed by atoms with Crippen LogP contribution >= 0.6 is 0 Å². The number of amides is 1. The number of nitrogens with one attached hydrogen (secondary N) is 1. The van der Waals surface area contributed by atoms with Crippen LogP contribution in [0.1, 0.15) is 15.9 Å². The molecule has 0 aliphatic carbocycles. The van der Waals surface area contributed by atoms with E-state index in [2.05, 4.69) is 4.98 Å². The zero-order chi connectivity index (χ0) is 20.2. The summed E-state index contributed by atoms with van der Waals surface area (Å²) >= 11 is 0. The standard InChI is InChI=1S/C24H20N2O3/c1-29-21-13-11-20(12-14-21)26(24(28)17-7-3-2-4-8-17)16-19-15-18-9-5-6-10-22(18)25-23(19)27/h2-15H,16H2,1H3,(H,25,27). The van der Waals surface area contributed by atoms with Gasteiger partial charge in [0.2, 0.25) is 0 Å². The smallest absolute Gasteiger partial charge is 0.258 e. The Labute approximate surface area is 168 Å². The maximum absolute atomic E-state index is 13.3. The fourth-order valence-corrected chi connectivity index (χ4v) is 3.26. The molecule has 4 aromatic rings. The molecule has 29 heavy (non-hydrogen) atoms. The van der Waals surface area contributed by atoms with Gasteiger partial charge in [0.1, 0.15) is 5.75 Å². The molecular weight excluding hydrogens is 364 g/mol. The second kappa shape index (κ2) is 8.02. The molecule has 1 amide bonds. The van der Waals surface area contributed by atoms with E-state index in [-0.39, 0.29) is 18.0 Å². The summed E-state index contributed by atoms with van der Waals surface area (Å²) in [6.07, 6.45) is 0. The first-order valence-corrected chi connectivity index (χ1v) is 9.27. The normalized spacial score (nSPS) is 10.7. The number of para-hydroxylation sites is 1. The number of anilines is 1. The zero-order valence-electron chi connectivity index (χ0n) is 16.0. The van der Waals surface area contributed by atoms with Crippen molar-refractivity contribution in [1.29, 1.82) is 0 Å². The molecule has 0 bridgehead atoms. The van der Waals surface area contributed by atoms with E-state index in [0.29, 0.717) is 22.6 Å². The highest BCUT2D eigenvalue weighted by Gasteiger charge is 2.20. The van der Waals surface area contributed by atoms with Gasteiger partial charge in [-0.3, -0.25) is 9.59 Å². The number of pyridine rings is 1. The number of H-pyrrole nitrogens is 1. The van der Waals surface area contributed by atoms with Crippen molar-refractivity contribution in [3.8, 4) is 5.75 Å². The third-order valence-electron chi connectivity index (χ3n) is 4.81. The Morgan fingerprint density at radius 2 is 1.62 bits per heavy atom. The van der Waals surface area contributed by atoms with Crippen LogP contribution in [-0.2, 0) is 6.54 Å². The number of nitrogens with zero attached hydrogens (tertiary/aromatic N) is 1. The number of aromatic amines is 1. The molecule has 0 fully saturated rings. The Morgan fingerprint density at radius 3 is 2.34 bits per heavy atom. The highest BCUT2D eigenvalue weighted by molar-refractivity contribution is 6.06. The van der Waals surface area contributed by atoms with E-state index in [0.717, 1.165) is 10.9 Å². The van der Waals surface area contributed by atoms with Gasteiger partial charge >= 0.3 is 0 Å². The first-order valence-electron chi connectivity index (χ1n) is 9.27. The quantitative estimate of drug-likeness (QED) is 0.555. The Kier molecular flexibility index (Phi) is 5.12. The largest absolute Gasteiger partial charge is 0.497 e. The number of carbonyl (C=O) groups is 1. The predicted octanol–water partition coefficient (Wildman–Crippen LogP) is 4.38.